The lowest BCUT2D eigenvalue weighted by Gasteiger charge is -2.18. The molecular formula is C15H24N2O2. The van der Waals surface area contributed by atoms with Crippen LogP contribution in [0.1, 0.15) is 20.3 Å². The van der Waals surface area contributed by atoms with Crippen LogP contribution >= 0.6 is 0 Å². The molecule has 4 heteroatoms. The van der Waals surface area contributed by atoms with Crippen LogP contribution in [0.5, 0.6) is 11.5 Å². The summed E-state index contributed by atoms with van der Waals surface area (Å²) < 4.78 is 11.2. The lowest BCUT2D eigenvalue weighted by atomic mass is 10.2. The van der Waals surface area contributed by atoms with Gasteiger partial charge in [0.15, 0.2) is 0 Å². The van der Waals surface area contributed by atoms with Gasteiger partial charge in [-0.3, -0.25) is 0 Å². The summed E-state index contributed by atoms with van der Waals surface area (Å²) in [5.74, 6) is 1.79. The summed E-state index contributed by atoms with van der Waals surface area (Å²) >= 11 is 0. The van der Waals surface area contributed by atoms with E-state index in [-0.39, 0.29) is 0 Å². The molecule has 106 valence electrons. The molecule has 1 saturated heterocycles. The first-order valence-electron chi connectivity index (χ1n) is 7.07. The van der Waals surface area contributed by atoms with Crippen LogP contribution in [0.15, 0.2) is 18.2 Å². The molecule has 0 amide bonds. The number of hydrogen-bond acceptors (Lipinski definition) is 4. The Hall–Kier alpha value is -1.42. The highest BCUT2D eigenvalue weighted by atomic mass is 16.5. The SMILES string of the molecule is CCOc1ccc(OCC)c(NC2CCN(C)C2)c1. The Morgan fingerprint density at radius 1 is 1.26 bits per heavy atom. The van der Waals surface area contributed by atoms with Crippen molar-refractivity contribution in [3.8, 4) is 11.5 Å². The topological polar surface area (TPSA) is 33.7 Å². The molecule has 0 aliphatic carbocycles. The Morgan fingerprint density at radius 2 is 2.05 bits per heavy atom. The third kappa shape index (κ3) is 3.77. The van der Waals surface area contributed by atoms with E-state index in [9.17, 15) is 0 Å². The van der Waals surface area contributed by atoms with Gasteiger partial charge in [-0.25, -0.2) is 0 Å². The number of hydrogen-bond donors (Lipinski definition) is 1. The Bertz CT molecular complexity index is 409. The maximum Gasteiger partial charge on any atom is 0.142 e. The molecule has 19 heavy (non-hydrogen) atoms. The minimum atomic E-state index is 0.487. The number of likely N-dealkylation sites (tertiary alicyclic amines) is 1. The molecular weight excluding hydrogens is 240 g/mol. The van der Waals surface area contributed by atoms with Gasteiger partial charge in [0, 0.05) is 18.7 Å². The molecule has 1 aromatic carbocycles. The fraction of sp³-hybridized carbons (Fsp3) is 0.600. The van der Waals surface area contributed by atoms with Crippen LogP contribution < -0.4 is 14.8 Å². The van der Waals surface area contributed by atoms with Crippen molar-refractivity contribution in [3.05, 3.63) is 18.2 Å². The second-order valence-corrected chi connectivity index (χ2v) is 4.92. The monoisotopic (exact) mass is 264 g/mol. The van der Waals surface area contributed by atoms with E-state index in [1.165, 1.54) is 6.42 Å². The van der Waals surface area contributed by atoms with Crippen LogP contribution in [0.2, 0.25) is 0 Å². The average Bonchev–Trinajstić information content (AvgIpc) is 2.79. The predicted molar refractivity (Wildman–Crippen MR) is 78.3 cm³/mol. The van der Waals surface area contributed by atoms with Gasteiger partial charge >= 0.3 is 0 Å². The minimum absolute atomic E-state index is 0.487. The first-order chi connectivity index (χ1) is 9.22. The highest BCUT2D eigenvalue weighted by molar-refractivity contribution is 5.60. The Kier molecular flexibility index (Phi) is 4.91. The molecule has 1 N–H and O–H groups in total. The minimum Gasteiger partial charge on any atom is -0.494 e. The molecule has 2 rings (SSSR count). The largest absolute Gasteiger partial charge is 0.494 e. The summed E-state index contributed by atoms with van der Waals surface area (Å²) in [4.78, 5) is 2.34. The van der Waals surface area contributed by atoms with Crippen molar-refractivity contribution in [3.63, 3.8) is 0 Å². The molecule has 1 unspecified atom stereocenters. The maximum atomic E-state index is 5.68. The van der Waals surface area contributed by atoms with Gasteiger partial charge in [0.2, 0.25) is 0 Å². The number of benzene rings is 1. The van der Waals surface area contributed by atoms with E-state index in [0.29, 0.717) is 19.3 Å². The summed E-state index contributed by atoms with van der Waals surface area (Å²) in [7, 11) is 2.15. The highest BCUT2D eigenvalue weighted by Gasteiger charge is 2.20. The number of nitrogens with one attached hydrogen (secondary N) is 1. The van der Waals surface area contributed by atoms with Gasteiger partial charge in [0.1, 0.15) is 11.5 Å². The maximum absolute atomic E-state index is 5.68. The van der Waals surface area contributed by atoms with Crippen molar-refractivity contribution in [2.45, 2.75) is 26.3 Å². The standard InChI is InChI=1S/C15H24N2O2/c1-4-18-13-6-7-15(19-5-2)14(10-13)16-12-8-9-17(3)11-12/h6-7,10,12,16H,4-5,8-9,11H2,1-3H3. The van der Waals surface area contributed by atoms with Gasteiger partial charge < -0.3 is 19.7 Å². The van der Waals surface area contributed by atoms with Gasteiger partial charge in [0.05, 0.1) is 18.9 Å². The number of ether oxygens (including phenoxy) is 2. The quantitative estimate of drug-likeness (QED) is 0.856. The number of nitrogens with zero attached hydrogens (tertiary/aromatic N) is 1. The first kappa shape index (κ1) is 14.0. The third-order valence-electron chi connectivity index (χ3n) is 3.31. The molecule has 0 bridgehead atoms. The van der Waals surface area contributed by atoms with Gasteiger partial charge in [-0.1, -0.05) is 0 Å². The molecule has 0 spiro atoms. The number of likely N-dealkylation sites (N-methyl/N-ethyl adjacent to an activating group) is 1. The summed E-state index contributed by atoms with van der Waals surface area (Å²) in [6, 6.07) is 6.46. The molecule has 4 nitrogen and oxygen atoms in total. The second kappa shape index (κ2) is 6.66. The van der Waals surface area contributed by atoms with Gasteiger partial charge in [-0.05, 0) is 46.0 Å². The van der Waals surface area contributed by atoms with E-state index in [1.807, 2.05) is 32.0 Å². The molecule has 0 aromatic heterocycles. The van der Waals surface area contributed by atoms with Crippen molar-refractivity contribution in [2.75, 3.05) is 38.7 Å². The lowest BCUT2D eigenvalue weighted by Crippen LogP contribution is -2.23. The van der Waals surface area contributed by atoms with Crippen molar-refractivity contribution < 1.29 is 9.47 Å². The van der Waals surface area contributed by atoms with Crippen molar-refractivity contribution >= 4 is 5.69 Å². The summed E-state index contributed by atoms with van der Waals surface area (Å²) in [6.45, 7) is 7.57. The summed E-state index contributed by atoms with van der Waals surface area (Å²) in [6.07, 6.45) is 1.17. The normalized spacial score (nSPS) is 19.4. The zero-order valence-corrected chi connectivity index (χ0v) is 12.1. The fourth-order valence-electron chi connectivity index (χ4n) is 2.43. The van der Waals surface area contributed by atoms with Crippen LogP contribution in [0.25, 0.3) is 0 Å². The smallest absolute Gasteiger partial charge is 0.142 e. The molecule has 1 atom stereocenters. The van der Waals surface area contributed by atoms with E-state index < -0.39 is 0 Å². The molecule has 1 aliphatic heterocycles. The van der Waals surface area contributed by atoms with Gasteiger partial charge in [-0.2, -0.15) is 0 Å². The zero-order chi connectivity index (χ0) is 13.7. The number of anilines is 1. The summed E-state index contributed by atoms with van der Waals surface area (Å²) in [5, 5.41) is 3.58. The van der Waals surface area contributed by atoms with Crippen LogP contribution in [0, 0.1) is 0 Å². The molecule has 1 aliphatic rings. The van der Waals surface area contributed by atoms with E-state index in [1.54, 1.807) is 0 Å². The first-order valence-corrected chi connectivity index (χ1v) is 7.07. The van der Waals surface area contributed by atoms with Crippen LogP contribution in [0.4, 0.5) is 5.69 Å². The Balaban J connectivity index is 2.12. The van der Waals surface area contributed by atoms with E-state index in [4.69, 9.17) is 9.47 Å². The van der Waals surface area contributed by atoms with Gasteiger partial charge in [-0.15, -0.1) is 0 Å². The molecule has 1 fully saturated rings. The second-order valence-electron chi connectivity index (χ2n) is 4.92. The highest BCUT2D eigenvalue weighted by Crippen LogP contribution is 2.31. The van der Waals surface area contributed by atoms with Crippen LogP contribution in [-0.4, -0.2) is 44.3 Å². The lowest BCUT2D eigenvalue weighted by molar-refractivity contribution is 0.331. The van der Waals surface area contributed by atoms with Crippen LogP contribution in [-0.2, 0) is 0 Å². The fourth-order valence-corrected chi connectivity index (χ4v) is 2.43. The van der Waals surface area contributed by atoms with Crippen molar-refractivity contribution in [1.29, 1.82) is 0 Å². The average molecular weight is 264 g/mol. The molecule has 0 radical (unpaired) electrons. The Morgan fingerprint density at radius 3 is 2.68 bits per heavy atom. The van der Waals surface area contributed by atoms with Gasteiger partial charge in [0.25, 0.3) is 0 Å². The van der Waals surface area contributed by atoms with Crippen molar-refractivity contribution in [2.24, 2.45) is 0 Å². The van der Waals surface area contributed by atoms with Crippen molar-refractivity contribution in [1.82, 2.24) is 4.90 Å². The molecule has 1 aromatic rings. The molecule has 0 saturated carbocycles. The van der Waals surface area contributed by atoms with Crippen LogP contribution in [0.3, 0.4) is 0 Å². The summed E-state index contributed by atoms with van der Waals surface area (Å²) in [5.41, 5.74) is 1.04. The molecule has 1 heterocycles. The Labute approximate surface area is 115 Å². The van der Waals surface area contributed by atoms with E-state index in [2.05, 4.69) is 17.3 Å². The number of rotatable bonds is 6. The van der Waals surface area contributed by atoms with E-state index in [0.717, 1.165) is 30.3 Å². The van der Waals surface area contributed by atoms with E-state index >= 15 is 0 Å². The predicted octanol–water partition coefficient (Wildman–Crippen LogP) is 2.60. The third-order valence-corrected chi connectivity index (χ3v) is 3.31. The zero-order valence-electron chi connectivity index (χ0n) is 12.1.